The fourth-order valence-corrected chi connectivity index (χ4v) is 4.35. The molecule has 2 aromatic heterocycles. The van der Waals surface area contributed by atoms with Crippen molar-refractivity contribution in [3.05, 3.63) is 62.7 Å². The molecule has 0 amide bonds. The van der Waals surface area contributed by atoms with Crippen molar-refractivity contribution in [2.75, 3.05) is 0 Å². The first-order valence-corrected chi connectivity index (χ1v) is 9.57. The Labute approximate surface area is 171 Å². The molecule has 7 heteroatoms. The Morgan fingerprint density at radius 1 is 1.26 bits per heavy atom. The molecule has 4 nitrogen and oxygen atoms in total. The number of rotatable bonds is 3. The maximum absolute atomic E-state index is 12.3. The minimum absolute atomic E-state index is 0. The maximum atomic E-state index is 12.3. The minimum atomic E-state index is -0.176. The topological polar surface area (TPSA) is 79.1 Å². The third-order valence-corrected chi connectivity index (χ3v) is 5.92. The Hall–Kier alpha value is -2.05. The highest BCUT2D eigenvalue weighted by Gasteiger charge is 2.18. The first-order valence-electron chi connectivity index (χ1n) is 8.31. The predicted molar refractivity (Wildman–Crippen MR) is 117 cm³/mol. The molecule has 0 saturated carbocycles. The zero-order chi connectivity index (χ0) is 18.4. The summed E-state index contributed by atoms with van der Waals surface area (Å²) in [5, 5.41) is 14.4. The van der Waals surface area contributed by atoms with Gasteiger partial charge in [0.15, 0.2) is 0 Å². The molecule has 0 saturated heterocycles. The highest BCUT2D eigenvalue weighted by atomic mass is 35.5. The number of nitrogens with one attached hydrogen (secondary N) is 1. The first-order chi connectivity index (χ1) is 12.5. The molecule has 0 aliphatic carbocycles. The van der Waals surface area contributed by atoms with Crippen molar-refractivity contribution in [3.63, 3.8) is 0 Å². The Balaban J connectivity index is 0.00000210. The van der Waals surface area contributed by atoms with E-state index in [0.717, 1.165) is 28.3 Å². The summed E-state index contributed by atoms with van der Waals surface area (Å²) in [6.07, 6.45) is 0.852. The Bertz CT molecular complexity index is 1180. The van der Waals surface area contributed by atoms with Gasteiger partial charge in [0.05, 0.1) is 10.5 Å². The number of aromatic nitrogens is 1. The number of halogens is 2. The number of phenolic OH excluding ortho intramolecular Hbond substituents is 1. The van der Waals surface area contributed by atoms with E-state index in [1.165, 1.54) is 17.4 Å². The van der Waals surface area contributed by atoms with E-state index in [1.54, 1.807) is 0 Å². The zero-order valence-corrected chi connectivity index (χ0v) is 16.8. The van der Waals surface area contributed by atoms with Crippen LogP contribution in [0.1, 0.15) is 24.9 Å². The molecule has 0 bridgehead atoms. The molecule has 1 unspecified atom stereocenters. The van der Waals surface area contributed by atoms with Gasteiger partial charge in [0, 0.05) is 28.4 Å². The number of hydrogen-bond donors (Lipinski definition) is 3. The number of aromatic amines is 1. The summed E-state index contributed by atoms with van der Waals surface area (Å²) < 4.78 is 0.616. The molecule has 27 heavy (non-hydrogen) atoms. The van der Waals surface area contributed by atoms with E-state index >= 15 is 0 Å². The Morgan fingerprint density at radius 2 is 1.96 bits per heavy atom. The van der Waals surface area contributed by atoms with Gasteiger partial charge >= 0.3 is 0 Å². The second-order valence-corrected chi connectivity index (χ2v) is 7.58. The van der Waals surface area contributed by atoms with Crippen LogP contribution in [-0.4, -0.2) is 10.1 Å². The number of nitrogens with two attached hydrogens (primary N) is 1. The molecule has 4 N–H and O–H groups in total. The van der Waals surface area contributed by atoms with E-state index in [2.05, 4.69) is 4.98 Å². The van der Waals surface area contributed by atoms with E-state index in [4.69, 9.17) is 17.3 Å². The normalized spacial score (nSPS) is 12.3. The zero-order valence-electron chi connectivity index (χ0n) is 14.5. The highest BCUT2D eigenvalue weighted by Crippen LogP contribution is 2.42. The molecule has 2 heterocycles. The fourth-order valence-electron chi connectivity index (χ4n) is 3.31. The van der Waals surface area contributed by atoms with Gasteiger partial charge in [-0.2, -0.15) is 0 Å². The lowest BCUT2D eigenvalue weighted by Crippen LogP contribution is -2.08. The van der Waals surface area contributed by atoms with E-state index in [1.807, 2.05) is 42.6 Å². The van der Waals surface area contributed by atoms with Crippen LogP contribution in [0.4, 0.5) is 0 Å². The van der Waals surface area contributed by atoms with Crippen molar-refractivity contribution in [1.29, 1.82) is 0 Å². The van der Waals surface area contributed by atoms with E-state index < -0.39 is 0 Å². The van der Waals surface area contributed by atoms with Gasteiger partial charge in [-0.25, -0.2) is 0 Å². The number of phenols is 1. The summed E-state index contributed by atoms with van der Waals surface area (Å²) in [4.78, 5) is 15.2. The summed E-state index contributed by atoms with van der Waals surface area (Å²) in [5.74, 6) is 0.0783. The number of benzene rings is 2. The lowest BCUT2D eigenvalue weighted by atomic mass is 9.95. The molecule has 0 spiro atoms. The molecular formula is C20H18Cl2N2O2S. The van der Waals surface area contributed by atoms with Gasteiger partial charge in [-0.1, -0.05) is 42.8 Å². The third kappa shape index (κ3) is 3.21. The molecule has 0 aliphatic heterocycles. The van der Waals surface area contributed by atoms with E-state index in [-0.39, 0.29) is 29.8 Å². The summed E-state index contributed by atoms with van der Waals surface area (Å²) in [6.45, 7) is 2.04. The molecule has 4 rings (SSSR count). The first kappa shape index (κ1) is 19.7. The van der Waals surface area contributed by atoms with Crippen LogP contribution in [0.15, 0.2) is 46.6 Å². The van der Waals surface area contributed by atoms with Crippen LogP contribution in [-0.2, 0) is 0 Å². The van der Waals surface area contributed by atoms with Crippen molar-refractivity contribution in [2.24, 2.45) is 5.73 Å². The standard InChI is InChI=1S/C20H17ClN2O2S.ClH/c1-2-14(22)10-3-5-11(6-4-10)16-15(24)9-13(21)18-17(16)12-7-8-26-19(12)20(25)23-18;/h3-9,14,24H,2,22H2,1H3,(H,23,25);1H. The van der Waals surface area contributed by atoms with Gasteiger partial charge in [0.2, 0.25) is 0 Å². The monoisotopic (exact) mass is 420 g/mol. The number of pyridine rings is 1. The van der Waals surface area contributed by atoms with Crippen LogP contribution >= 0.6 is 35.3 Å². The minimum Gasteiger partial charge on any atom is -0.507 e. The van der Waals surface area contributed by atoms with Crippen LogP contribution in [0.2, 0.25) is 5.02 Å². The van der Waals surface area contributed by atoms with Gasteiger partial charge in [-0.3, -0.25) is 4.79 Å². The van der Waals surface area contributed by atoms with Gasteiger partial charge in [-0.15, -0.1) is 23.7 Å². The molecule has 0 aliphatic rings. The molecule has 1 atom stereocenters. The van der Waals surface area contributed by atoms with Crippen LogP contribution in [0.25, 0.3) is 32.1 Å². The van der Waals surface area contributed by atoms with Crippen LogP contribution in [0.3, 0.4) is 0 Å². The number of aromatic hydroxyl groups is 1. The third-order valence-electron chi connectivity index (χ3n) is 4.71. The maximum Gasteiger partial charge on any atom is 0.266 e. The van der Waals surface area contributed by atoms with Crippen LogP contribution in [0.5, 0.6) is 5.75 Å². The number of thiophene rings is 1. The van der Waals surface area contributed by atoms with Crippen molar-refractivity contribution in [3.8, 4) is 16.9 Å². The lowest BCUT2D eigenvalue weighted by molar-refractivity contribution is 0.478. The summed E-state index contributed by atoms with van der Waals surface area (Å²) >= 11 is 7.67. The molecule has 140 valence electrons. The fraction of sp³-hybridized carbons (Fsp3) is 0.150. The Morgan fingerprint density at radius 3 is 2.63 bits per heavy atom. The van der Waals surface area contributed by atoms with Crippen LogP contribution < -0.4 is 11.3 Å². The molecule has 0 radical (unpaired) electrons. The second-order valence-electron chi connectivity index (χ2n) is 6.26. The second kappa shape index (κ2) is 7.52. The average molecular weight is 421 g/mol. The number of fused-ring (bicyclic) bond motifs is 3. The van der Waals surface area contributed by atoms with Gasteiger partial charge in [0.25, 0.3) is 5.56 Å². The average Bonchev–Trinajstić information content (AvgIpc) is 3.13. The number of H-pyrrole nitrogens is 1. The predicted octanol–water partition coefficient (Wildman–Crippen LogP) is 5.60. The molecular weight excluding hydrogens is 403 g/mol. The smallest absolute Gasteiger partial charge is 0.266 e. The molecule has 4 aromatic rings. The summed E-state index contributed by atoms with van der Waals surface area (Å²) in [5.41, 5.74) is 8.99. The highest BCUT2D eigenvalue weighted by molar-refractivity contribution is 7.17. The lowest BCUT2D eigenvalue weighted by Gasteiger charge is -2.14. The van der Waals surface area contributed by atoms with Gasteiger partial charge < -0.3 is 15.8 Å². The van der Waals surface area contributed by atoms with Crippen molar-refractivity contribution < 1.29 is 5.11 Å². The van der Waals surface area contributed by atoms with E-state index in [0.29, 0.717) is 20.8 Å². The van der Waals surface area contributed by atoms with Crippen molar-refractivity contribution >= 4 is 56.3 Å². The van der Waals surface area contributed by atoms with Gasteiger partial charge in [0.1, 0.15) is 10.4 Å². The largest absolute Gasteiger partial charge is 0.507 e. The Kier molecular flexibility index (Phi) is 5.49. The van der Waals surface area contributed by atoms with Gasteiger partial charge in [-0.05, 0) is 29.0 Å². The van der Waals surface area contributed by atoms with E-state index in [9.17, 15) is 9.90 Å². The van der Waals surface area contributed by atoms with Crippen molar-refractivity contribution in [1.82, 2.24) is 4.98 Å². The molecule has 0 fully saturated rings. The number of hydrogen-bond acceptors (Lipinski definition) is 4. The SMILES string of the molecule is CCC(N)c1ccc(-c2c(O)cc(Cl)c3[nH]c(=O)c4sccc4c23)cc1.Cl. The van der Waals surface area contributed by atoms with Crippen molar-refractivity contribution in [2.45, 2.75) is 19.4 Å². The van der Waals surface area contributed by atoms with Crippen LogP contribution in [0, 0.1) is 0 Å². The summed E-state index contributed by atoms with van der Waals surface area (Å²) in [7, 11) is 0. The molecule has 2 aromatic carbocycles. The summed E-state index contributed by atoms with van der Waals surface area (Å²) in [6, 6.07) is 11.2. The quantitative estimate of drug-likeness (QED) is 0.403.